The molecule has 1 N–H and O–H groups in total. The first-order valence-corrected chi connectivity index (χ1v) is 8.19. The Morgan fingerprint density at radius 1 is 1.14 bits per heavy atom. The fourth-order valence-corrected chi connectivity index (χ4v) is 2.88. The first-order valence-electron chi connectivity index (χ1n) is 7.20. The van der Waals surface area contributed by atoms with Crippen molar-refractivity contribution in [1.29, 1.82) is 0 Å². The molecule has 0 heterocycles. The van der Waals surface area contributed by atoms with Gasteiger partial charge in [0.1, 0.15) is 5.82 Å². The first kappa shape index (κ1) is 16.6. The summed E-state index contributed by atoms with van der Waals surface area (Å²) >= 11 is 1.52. The van der Waals surface area contributed by atoms with Gasteiger partial charge in [0.15, 0.2) is 0 Å². The van der Waals surface area contributed by atoms with Gasteiger partial charge in [0.05, 0.1) is 11.8 Å². The quantitative estimate of drug-likeness (QED) is 0.828. The highest BCUT2D eigenvalue weighted by Gasteiger charge is 2.10. The van der Waals surface area contributed by atoms with E-state index in [0.717, 1.165) is 10.5 Å². The van der Waals surface area contributed by atoms with Crippen LogP contribution in [-0.2, 0) is 4.79 Å². The molecule has 2 rings (SSSR count). The van der Waals surface area contributed by atoms with Gasteiger partial charge in [0.2, 0.25) is 5.91 Å². The third-order valence-corrected chi connectivity index (χ3v) is 4.59. The van der Waals surface area contributed by atoms with E-state index < -0.39 is 0 Å². The molecule has 1 unspecified atom stereocenters. The monoisotopic (exact) mass is 317 g/mol. The Morgan fingerprint density at radius 2 is 1.82 bits per heavy atom. The first-order chi connectivity index (χ1) is 10.5. The number of carbonyl (C=O) groups is 1. The molecule has 0 saturated carbocycles. The maximum Gasteiger partial charge on any atom is 0.230 e. The summed E-state index contributed by atoms with van der Waals surface area (Å²) in [5, 5.41) is 2.93. The number of thioether (sulfide) groups is 1. The van der Waals surface area contributed by atoms with Crippen LogP contribution in [0.1, 0.15) is 29.7 Å². The summed E-state index contributed by atoms with van der Waals surface area (Å²) in [6.45, 7) is 6.03. The van der Waals surface area contributed by atoms with Crippen molar-refractivity contribution >= 4 is 17.7 Å². The fraction of sp³-hybridized carbons (Fsp3) is 0.278. The smallest absolute Gasteiger partial charge is 0.230 e. The van der Waals surface area contributed by atoms with Crippen LogP contribution in [0.25, 0.3) is 0 Å². The van der Waals surface area contributed by atoms with Gasteiger partial charge in [-0.3, -0.25) is 4.79 Å². The third-order valence-electron chi connectivity index (χ3n) is 3.60. The van der Waals surface area contributed by atoms with Gasteiger partial charge in [-0.2, -0.15) is 0 Å². The molecule has 0 radical (unpaired) electrons. The molecule has 2 nitrogen and oxygen atoms in total. The van der Waals surface area contributed by atoms with E-state index in [4.69, 9.17) is 0 Å². The van der Waals surface area contributed by atoms with E-state index in [-0.39, 0.29) is 17.8 Å². The van der Waals surface area contributed by atoms with E-state index >= 15 is 0 Å². The van der Waals surface area contributed by atoms with Crippen LogP contribution in [0.4, 0.5) is 4.39 Å². The van der Waals surface area contributed by atoms with E-state index in [1.54, 1.807) is 12.1 Å². The summed E-state index contributed by atoms with van der Waals surface area (Å²) < 4.78 is 12.9. The van der Waals surface area contributed by atoms with Gasteiger partial charge in [0, 0.05) is 4.90 Å². The number of rotatable bonds is 5. The normalized spacial score (nSPS) is 12.0. The van der Waals surface area contributed by atoms with Crippen molar-refractivity contribution in [1.82, 2.24) is 5.32 Å². The van der Waals surface area contributed by atoms with Crippen molar-refractivity contribution in [3.05, 3.63) is 65.0 Å². The second-order valence-corrected chi connectivity index (χ2v) is 6.42. The van der Waals surface area contributed by atoms with Crippen molar-refractivity contribution in [3.63, 3.8) is 0 Å². The minimum absolute atomic E-state index is 0.0277. The largest absolute Gasteiger partial charge is 0.349 e. The molecule has 0 aliphatic heterocycles. The van der Waals surface area contributed by atoms with Crippen LogP contribution in [0, 0.1) is 19.7 Å². The Morgan fingerprint density at radius 3 is 2.45 bits per heavy atom. The minimum Gasteiger partial charge on any atom is -0.349 e. The summed E-state index contributed by atoms with van der Waals surface area (Å²) in [5.41, 5.74) is 3.37. The Labute approximate surface area is 135 Å². The van der Waals surface area contributed by atoms with Crippen LogP contribution < -0.4 is 5.32 Å². The summed E-state index contributed by atoms with van der Waals surface area (Å²) in [6.07, 6.45) is 0. The number of halogens is 1. The highest BCUT2D eigenvalue weighted by molar-refractivity contribution is 8.00. The number of carbonyl (C=O) groups excluding carboxylic acids is 1. The van der Waals surface area contributed by atoms with Gasteiger partial charge < -0.3 is 5.32 Å². The number of nitrogens with one attached hydrogen (secondary N) is 1. The van der Waals surface area contributed by atoms with E-state index in [9.17, 15) is 9.18 Å². The van der Waals surface area contributed by atoms with Gasteiger partial charge in [-0.25, -0.2) is 4.39 Å². The van der Waals surface area contributed by atoms with Gasteiger partial charge in [-0.15, -0.1) is 11.8 Å². The molecular weight excluding hydrogens is 297 g/mol. The zero-order valence-electron chi connectivity index (χ0n) is 13.0. The number of hydrogen-bond donors (Lipinski definition) is 1. The predicted octanol–water partition coefficient (Wildman–Crippen LogP) is 4.41. The Balaban J connectivity index is 1.87. The van der Waals surface area contributed by atoms with Crippen LogP contribution in [0.3, 0.4) is 0 Å². The SMILES string of the molecule is Cc1ccc(SCC(=O)NC(C)c2ccc(F)cc2)cc1C. The van der Waals surface area contributed by atoms with Crippen molar-refractivity contribution in [2.75, 3.05) is 5.75 Å². The topological polar surface area (TPSA) is 29.1 Å². The van der Waals surface area contributed by atoms with Gasteiger partial charge >= 0.3 is 0 Å². The standard InChI is InChI=1S/C18H20FNOS/c1-12-4-9-17(10-13(12)2)22-11-18(21)20-14(3)15-5-7-16(19)8-6-15/h4-10,14H,11H2,1-3H3,(H,20,21). The van der Waals surface area contributed by atoms with Crippen LogP contribution in [0.2, 0.25) is 0 Å². The van der Waals surface area contributed by atoms with E-state index in [0.29, 0.717) is 5.75 Å². The molecule has 0 spiro atoms. The molecule has 1 amide bonds. The number of hydrogen-bond acceptors (Lipinski definition) is 2. The highest BCUT2D eigenvalue weighted by atomic mass is 32.2. The lowest BCUT2D eigenvalue weighted by atomic mass is 10.1. The molecule has 2 aromatic carbocycles. The number of amides is 1. The zero-order chi connectivity index (χ0) is 16.1. The Kier molecular flexibility index (Phi) is 5.61. The summed E-state index contributed by atoms with van der Waals surface area (Å²) in [4.78, 5) is 13.1. The molecule has 22 heavy (non-hydrogen) atoms. The molecule has 0 aliphatic rings. The van der Waals surface area contributed by atoms with E-state index in [2.05, 4.69) is 31.3 Å². The maximum atomic E-state index is 12.9. The molecule has 2 aromatic rings. The van der Waals surface area contributed by atoms with Crippen molar-refractivity contribution in [3.8, 4) is 0 Å². The van der Waals surface area contributed by atoms with E-state index in [1.165, 1.54) is 35.0 Å². The van der Waals surface area contributed by atoms with Crippen LogP contribution in [-0.4, -0.2) is 11.7 Å². The van der Waals surface area contributed by atoms with Crippen molar-refractivity contribution < 1.29 is 9.18 Å². The van der Waals surface area contributed by atoms with Crippen LogP contribution in [0.5, 0.6) is 0 Å². The molecule has 0 aliphatic carbocycles. The molecular formula is C18H20FNOS. The Hall–Kier alpha value is -1.81. The van der Waals surface area contributed by atoms with Crippen molar-refractivity contribution in [2.24, 2.45) is 0 Å². The average molecular weight is 317 g/mol. The second-order valence-electron chi connectivity index (χ2n) is 5.38. The summed E-state index contributed by atoms with van der Waals surface area (Å²) in [7, 11) is 0. The molecule has 0 saturated heterocycles. The molecule has 1 atom stereocenters. The lowest BCUT2D eigenvalue weighted by molar-refractivity contribution is -0.119. The highest BCUT2D eigenvalue weighted by Crippen LogP contribution is 2.21. The van der Waals surface area contributed by atoms with Crippen LogP contribution >= 0.6 is 11.8 Å². The lowest BCUT2D eigenvalue weighted by Gasteiger charge is -2.14. The minimum atomic E-state index is -0.271. The fourth-order valence-electron chi connectivity index (χ4n) is 2.07. The molecule has 0 bridgehead atoms. The third kappa shape index (κ3) is 4.60. The lowest BCUT2D eigenvalue weighted by Crippen LogP contribution is -2.28. The number of benzene rings is 2. The average Bonchev–Trinajstić information content (AvgIpc) is 2.49. The molecule has 0 fully saturated rings. The summed E-state index contributed by atoms with van der Waals surface area (Å²) in [5.74, 6) is 0.0706. The van der Waals surface area contributed by atoms with E-state index in [1.807, 2.05) is 13.0 Å². The second kappa shape index (κ2) is 7.45. The zero-order valence-corrected chi connectivity index (χ0v) is 13.8. The molecule has 4 heteroatoms. The number of aryl methyl sites for hydroxylation is 2. The maximum absolute atomic E-state index is 12.9. The predicted molar refractivity (Wildman–Crippen MR) is 89.6 cm³/mol. The van der Waals surface area contributed by atoms with Crippen LogP contribution in [0.15, 0.2) is 47.4 Å². The molecule has 116 valence electrons. The van der Waals surface area contributed by atoms with Gasteiger partial charge in [-0.1, -0.05) is 18.2 Å². The molecule has 0 aromatic heterocycles. The van der Waals surface area contributed by atoms with Gasteiger partial charge in [0.25, 0.3) is 0 Å². The van der Waals surface area contributed by atoms with Crippen molar-refractivity contribution in [2.45, 2.75) is 31.7 Å². The summed E-state index contributed by atoms with van der Waals surface area (Å²) in [6, 6.07) is 12.3. The Bertz CT molecular complexity index is 655. The van der Waals surface area contributed by atoms with Gasteiger partial charge in [-0.05, 0) is 61.7 Å².